The van der Waals surface area contributed by atoms with E-state index in [1.807, 2.05) is 41.9 Å². The fraction of sp³-hybridized carbons (Fsp3) is 0.188. The summed E-state index contributed by atoms with van der Waals surface area (Å²) >= 11 is 0. The van der Waals surface area contributed by atoms with Gasteiger partial charge in [0.1, 0.15) is 17.2 Å². The number of para-hydroxylation sites is 2. The lowest BCUT2D eigenvalue weighted by atomic mass is 10.3. The van der Waals surface area contributed by atoms with Crippen LogP contribution in [0.5, 0.6) is 11.5 Å². The zero-order chi connectivity index (χ0) is 15.5. The molecule has 1 aromatic heterocycles. The molecule has 0 fully saturated rings. The van der Waals surface area contributed by atoms with Gasteiger partial charge in [-0.2, -0.15) is 0 Å². The molecule has 0 atom stereocenters. The largest absolute Gasteiger partial charge is 0.497 e. The molecular weight excluding hydrogens is 280 g/mol. The Hall–Kier alpha value is -2.89. The molecule has 22 heavy (non-hydrogen) atoms. The number of azo groups is 1. The third-order valence-corrected chi connectivity index (χ3v) is 3.40. The van der Waals surface area contributed by atoms with E-state index in [0.717, 1.165) is 11.0 Å². The first-order valence-electron chi connectivity index (χ1n) is 6.78. The molecule has 0 unspecified atom stereocenters. The molecule has 0 aliphatic carbocycles. The number of methoxy groups -OCH3 is 2. The van der Waals surface area contributed by atoms with Crippen molar-refractivity contribution in [3.05, 3.63) is 42.5 Å². The van der Waals surface area contributed by atoms with Crippen molar-refractivity contribution in [2.24, 2.45) is 17.3 Å². The summed E-state index contributed by atoms with van der Waals surface area (Å²) in [6.07, 6.45) is 0. The number of rotatable bonds is 4. The van der Waals surface area contributed by atoms with Crippen molar-refractivity contribution in [2.45, 2.75) is 0 Å². The minimum absolute atomic E-state index is 0.533. The molecule has 2 aromatic carbocycles. The van der Waals surface area contributed by atoms with Crippen LogP contribution < -0.4 is 9.47 Å². The third kappa shape index (κ3) is 2.50. The van der Waals surface area contributed by atoms with E-state index < -0.39 is 0 Å². The highest BCUT2D eigenvalue weighted by Gasteiger charge is 2.08. The number of hydrogen-bond acceptors (Lipinski definition) is 5. The van der Waals surface area contributed by atoms with E-state index in [9.17, 15) is 0 Å². The van der Waals surface area contributed by atoms with E-state index >= 15 is 0 Å². The molecule has 3 aromatic rings. The maximum Gasteiger partial charge on any atom is 0.250 e. The second-order valence-electron chi connectivity index (χ2n) is 4.70. The number of benzene rings is 2. The van der Waals surface area contributed by atoms with E-state index in [-0.39, 0.29) is 0 Å². The number of ether oxygens (including phenoxy) is 2. The Balaban J connectivity index is 2.00. The lowest BCUT2D eigenvalue weighted by Crippen LogP contribution is -1.87. The second-order valence-corrected chi connectivity index (χ2v) is 4.70. The van der Waals surface area contributed by atoms with Crippen LogP contribution in [0.3, 0.4) is 0 Å². The summed E-state index contributed by atoms with van der Waals surface area (Å²) in [4.78, 5) is 4.46. The van der Waals surface area contributed by atoms with Crippen molar-refractivity contribution in [1.82, 2.24) is 9.55 Å². The quantitative estimate of drug-likeness (QED) is 0.683. The van der Waals surface area contributed by atoms with Gasteiger partial charge in [0.05, 0.1) is 25.3 Å². The van der Waals surface area contributed by atoms with E-state index in [1.165, 1.54) is 0 Å². The van der Waals surface area contributed by atoms with Gasteiger partial charge < -0.3 is 14.0 Å². The van der Waals surface area contributed by atoms with Crippen LogP contribution in [0.1, 0.15) is 0 Å². The van der Waals surface area contributed by atoms with E-state index in [1.54, 1.807) is 26.4 Å². The van der Waals surface area contributed by atoms with Crippen molar-refractivity contribution < 1.29 is 9.47 Å². The van der Waals surface area contributed by atoms with Gasteiger partial charge in [-0.3, -0.25) is 0 Å². The first-order chi connectivity index (χ1) is 10.7. The Kier molecular flexibility index (Phi) is 3.74. The average molecular weight is 296 g/mol. The smallest absolute Gasteiger partial charge is 0.250 e. The number of hydrogen-bond donors (Lipinski definition) is 0. The third-order valence-electron chi connectivity index (χ3n) is 3.40. The van der Waals surface area contributed by atoms with Gasteiger partial charge in [-0.05, 0) is 24.3 Å². The molecule has 6 nitrogen and oxygen atoms in total. The molecule has 0 N–H and O–H groups in total. The highest BCUT2D eigenvalue weighted by atomic mass is 16.5. The van der Waals surface area contributed by atoms with Crippen molar-refractivity contribution in [3.63, 3.8) is 0 Å². The van der Waals surface area contributed by atoms with Crippen LogP contribution in [0, 0.1) is 0 Å². The molecule has 0 bridgehead atoms. The lowest BCUT2D eigenvalue weighted by molar-refractivity contribution is 0.404. The first kappa shape index (κ1) is 14.1. The fourth-order valence-corrected chi connectivity index (χ4v) is 2.20. The minimum atomic E-state index is 0.533. The van der Waals surface area contributed by atoms with Crippen LogP contribution in [0.25, 0.3) is 11.0 Å². The maximum atomic E-state index is 5.29. The van der Waals surface area contributed by atoms with Crippen molar-refractivity contribution >= 4 is 22.7 Å². The van der Waals surface area contributed by atoms with Crippen LogP contribution in [-0.4, -0.2) is 23.8 Å². The van der Waals surface area contributed by atoms with Crippen molar-refractivity contribution in [2.75, 3.05) is 14.2 Å². The summed E-state index contributed by atoms with van der Waals surface area (Å²) in [6.45, 7) is 0. The van der Waals surface area contributed by atoms with Crippen LogP contribution in [0.2, 0.25) is 0 Å². The van der Waals surface area contributed by atoms with E-state index in [4.69, 9.17) is 9.47 Å². The molecule has 0 aliphatic heterocycles. The molecule has 1 heterocycles. The maximum absolute atomic E-state index is 5.29. The second kappa shape index (κ2) is 5.85. The normalized spacial score (nSPS) is 11.2. The van der Waals surface area contributed by atoms with Gasteiger partial charge in [0.25, 0.3) is 0 Å². The monoisotopic (exact) mass is 296 g/mol. The molecule has 0 aliphatic rings. The number of aromatic nitrogens is 2. The molecule has 0 amide bonds. The summed E-state index contributed by atoms with van der Waals surface area (Å²) in [7, 11) is 5.11. The van der Waals surface area contributed by atoms with E-state index in [2.05, 4.69) is 15.2 Å². The Morgan fingerprint density at radius 2 is 1.82 bits per heavy atom. The van der Waals surface area contributed by atoms with E-state index in [0.29, 0.717) is 23.1 Å². The van der Waals surface area contributed by atoms with Crippen molar-refractivity contribution in [1.29, 1.82) is 0 Å². The number of aryl methyl sites for hydroxylation is 1. The van der Waals surface area contributed by atoms with Crippen LogP contribution in [0.15, 0.2) is 52.7 Å². The molecule has 3 rings (SSSR count). The lowest BCUT2D eigenvalue weighted by Gasteiger charge is -2.05. The summed E-state index contributed by atoms with van der Waals surface area (Å²) < 4.78 is 12.4. The minimum Gasteiger partial charge on any atom is -0.497 e. The zero-order valence-electron chi connectivity index (χ0n) is 12.6. The predicted octanol–water partition coefficient (Wildman–Crippen LogP) is 4.01. The van der Waals surface area contributed by atoms with Crippen LogP contribution in [0.4, 0.5) is 11.6 Å². The van der Waals surface area contributed by atoms with Gasteiger partial charge in [-0.1, -0.05) is 12.1 Å². The summed E-state index contributed by atoms with van der Waals surface area (Å²) in [5, 5.41) is 8.49. The standard InChI is InChI=1S/C16H16N4O2/c1-20-14-7-5-4-6-12(14)17-16(20)19-18-13-10-11(21-2)8-9-15(13)22-3/h4-10H,1-3H3/b19-18+. The zero-order valence-corrected chi connectivity index (χ0v) is 12.6. The Labute approximate surface area is 128 Å². The summed E-state index contributed by atoms with van der Waals surface area (Å²) in [5.74, 6) is 1.86. The Morgan fingerprint density at radius 3 is 2.55 bits per heavy atom. The molecule has 0 radical (unpaired) electrons. The topological polar surface area (TPSA) is 61.0 Å². The van der Waals surface area contributed by atoms with Gasteiger partial charge in [0.15, 0.2) is 0 Å². The average Bonchev–Trinajstić information content (AvgIpc) is 2.89. The fourth-order valence-electron chi connectivity index (χ4n) is 2.20. The SMILES string of the molecule is COc1ccc(OC)c(/N=N/c2nc3ccccc3n2C)c1. The van der Waals surface area contributed by atoms with Gasteiger partial charge in [0, 0.05) is 13.1 Å². The highest BCUT2D eigenvalue weighted by molar-refractivity contribution is 5.77. The molecule has 0 saturated heterocycles. The van der Waals surface area contributed by atoms with Gasteiger partial charge in [-0.15, -0.1) is 10.2 Å². The summed E-state index contributed by atoms with van der Waals surface area (Å²) in [6, 6.07) is 13.2. The molecule has 0 saturated carbocycles. The molecule has 6 heteroatoms. The Bertz CT molecular complexity index is 839. The first-order valence-corrected chi connectivity index (χ1v) is 6.78. The van der Waals surface area contributed by atoms with Crippen LogP contribution >= 0.6 is 0 Å². The molecule has 0 spiro atoms. The van der Waals surface area contributed by atoms with Gasteiger partial charge in [0.2, 0.25) is 5.95 Å². The highest BCUT2D eigenvalue weighted by Crippen LogP contribution is 2.33. The van der Waals surface area contributed by atoms with Gasteiger partial charge >= 0.3 is 0 Å². The molecule has 112 valence electrons. The van der Waals surface area contributed by atoms with Gasteiger partial charge in [-0.25, -0.2) is 4.98 Å². The van der Waals surface area contributed by atoms with Crippen LogP contribution in [-0.2, 0) is 7.05 Å². The predicted molar refractivity (Wildman–Crippen MR) is 84.4 cm³/mol. The number of fused-ring (bicyclic) bond motifs is 1. The molecular formula is C16H16N4O2. The number of nitrogens with zero attached hydrogens (tertiary/aromatic N) is 4. The van der Waals surface area contributed by atoms with Crippen molar-refractivity contribution in [3.8, 4) is 11.5 Å². The Morgan fingerprint density at radius 1 is 1.00 bits per heavy atom. The number of imidazole rings is 1. The summed E-state index contributed by atoms with van der Waals surface area (Å²) in [5.41, 5.74) is 2.49.